The number of rotatable bonds is 12. The molecule has 160 valence electrons. The van der Waals surface area contributed by atoms with E-state index in [1.54, 1.807) is 12.1 Å². The van der Waals surface area contributed by atoms with E-state index < -0.39 is 5.97 Å². The Balaban J connectivity index is 2.06. The standard InChI is InChI=1S/C26H33NO3/c1-4-5-6-7-8-12-17-29-30-26(28)22-15-16-23(21-13-10-9-11-14-21)24(18-22)25(19-27)20(2)3/h9-11,13-16,18,20,25H,4-8,12,17H2,1-3H3. The van der Waals surface area contributed by atoms with E-state index in [2.05, 4.69) is 13.0 Å². The first-order chi connectivity index (χ1) is 14.6. The summed E-state index contributed by atoms with van der Waals surface area (Å²) in [5.74, 6) is -0.730. The van der Waals surface area contributed by atoms with Crippen molar-refractivity contribution in [2.75, 3.05) is 6.61 Å². The average Bonchev–Trinajstić information content (AvgIpc) is 2.76. The molecule has 30 heavy (non-hydrogen) atoms. The lowest BCUT2D eigenvalue weighted by atomic mass is 9.84. The van der Waals surface area contributed by atoms with E-state index in [0.717, 1.165) is 29.5 Å². The average molecular weight is 408 g/mol. The van der Waals surface area contributed by atoms with Crippen LogP contribution in [0.2, 0.25) is 0 Å². The molecule has 4 heteroatoms. The van der Waals surface area contributed by atoms with Gasteiger partial charge in [-0.2, -0.15) is 10.1 Å². The van der Waals surface area contributed by atoms with Crippen molar-refractivity contribution < 1.29 is 14.6 Å². The van der Waals surface area contributed by atoms with Crippen LogP contribution in [0.3, 0.4) is 0 Å². The van der Waals surface area contributed by atoms with E-state index in [0.29, 0.717) is 12.2 Å². The molecule has 4 nitrogen and oxygen atoms in total. The van der Waals surface area contributed by atoms with E-state index in [9.17, 15) is 10.1 Å². The molecule has 0 heterocycles. The van der Waals surface area contributed by atoms with Gasteiger partial charge in [0.15, 0.2) is 0 Å². The molecule has 1 unspecified atom stereocenters. The lowest BCUT2D eigenvalue weighted by Crippen LogP contribution is -2.11. The molecule has 0 spiro atoms. The van der Waals surface area contributed by atoms with Gasteiger partial charge in [0.05, 0.1) is 24.2 Å². The van der Waals surface area contributed by atoms with Gasteiger partial charge in [-0.3, -0.25) is 4.89 Å². The third kappa shape index (κ3) is 7.00. The van der Waals surface area contributed by atoms with Crippen molar-refractivity contribution in [3.63, 3.8) is 0 Å². The van der Waals surface area contributed by atoms with Gasteiger partial charge in [-0.05, 0) is 41.2 Å². The summed E-state index contributed by atoms with van der Waals surface area (Å²) in [6.45, 7) is 6.62. The van der Waals surface area contributed by atoms with Crippen molar-refractivity contribution in [1.82, 2.24) is 0 Å². The minimum Gasteiger partial charge on any atom is -0.293 e. The fourth-order valence-corrected chi connectivity index (χ4v) is 3.49. The van der Waals surface area contributed by atoms with Gasteiger partial charge in [0.25, 0.3) is 0 Å². The van der Waals surface area contributed by atoms with Crippen LogP contribution in [-0.4, -0.2) is 12.6 Å². The summed E-state index contributed by atoms with van der Waals surface area (Å²) in [5.41, 5.74) is 3.21. The van der Waals surface area contributed by atoms with Crippen molar-refractivity contribution in [1.29, 1.82) is 5.26 Å². The Morgan fingerprint density at radius 3 is 2.37 bits per heavy atom. The normalized spacial score (nSPS) is 11.8. The van der Waals surface area contributed by atoms with Crippen LogP contribution in [0.4, 0.5) is 0 Å². The lowest BCUT2D eigenvalue weighted by molar-refractivity contribution is -0.241. The third-order valence-corrected chi connectivity index (χ3v) is 5.23. The van der Waals surface area contributed by atoms with Crippen LogP contribution in [0, 0.1) is 17.2 Å². The van der Waals surface area contributed by atoms with Crippen molar-refractivity contribution in [2.45, 2.75) is 65.2 Å². The van der Waals surface area contributed by atoms with Crippen LogP contribution in [0.5, 0.6) is 0 Å². The second-order valence-corrected chi connectivity index (χ2v) is 7.98. The Morgan fingerprint density at radius 2 is 1.70 bits per heavy atom. The zero-order valence-corrected chi connectivity index (χ0v) is 18.4. The molecular formula is C26H33NO3. The first-order valence-corrected chi connectivity index (χ1v) is 11.0. The fourth-order valence-electron chi connectivity index (χ4n) is 3.49. The minimum atomic E-state index is -0.526. The largest absolute Gasteiger partial charge is 0.373 e. The number of hydrogen-bond acceptors (Lipinski definition) is 4. The number of benzene rings is 2. The summed E-state index contributed by atoms with van der Waals surface area (Å²) in [5, 5.41) is 9.74. The summed E-state index contributed by atoms with van der Waals surface area (Å²) >= 11 is 0. The molecule has 0 saturated heterocycles. The molecule has 0 aliphatic heterocycles. The van der Waals surface area contributed by atoms with Crippen molar-refractivity contribution in [3.8, 4) is 17.2 Å². The smallest absolute Gasteiger partial charge is 0.293 e. The molecule has 0 aliphatic rings. The zero-order valence-electron chi connectivity index (χ0n) is 18.4. The zero-order chi connectivity index (χ0) is 21.8. The van der Waals surface area contributed by atoms with Gasteiger partial charge in [0.2, 0.25) is 0 Å². The van der Waals surface area contributed by atoms with Gasteiger partial charge >= 0.3 is 5.97 Å². The Hall–Kier alpha value is -2.64. The van der Waals surface area contributed by atoms with E-state index >= 15 is 0 Å². The molecule has 0 amide bonds. The van der Waals surface area contributed by atoms with E-state index in [1.165, 1.54) is 25.7 Å². The Labute approximate surface area is 180 Å². The van der Waals surface area contributed by atoms with E-state index in [-0.39, 0.29) is 11.8 Å². The minimum absolute atomic E-state index is 0.118. The molecule has 0 fully saturated rings. The molecule has 0 saturated carbocycles. The highest BCUT2D eigenvalue weighted by atomic mass is 17.2. The molecule has 2 aromatic carbocycles. The Bertz CT molecular complexity index is 824. The Kier molecular flexibility index (Phi) is 10.1. The van der Waals surface area contributed by atoms with Gasteiger partial charge in [-0.25, -0.2) is 4.79 Å². The molecule has 0 aliphatic carbocycles. The SMILES string of the molecule is CCCCCCCCOOC(=O)c1ccc(-c2ccccc2)c(C(C#N)C(C)C)c1. The van der Waals surface area contributed by atoms with E-state index in [4.69, 9.17) is 9.78 Å². The van der Waals surface area contributed by atoms with Crippen molar-refractivity contribution in [2.24, 2.45) is 5.92 Å². The molecule has 0 N–H and O–H groups in total. The maximum absolute atomic E-state index is 12.5. The first kappa shape index (κ1) is 23.6. The van der Waals surface area contributed by atoms with Gasteiger partial charge in [-0.1, -0.05) is 89.3 Å². The van der Waals surface area contributed by atoms with Crippen LogP contribution in [0.15, 0.2) is 48.5 Å². The lowest BCUT2D eigenvalue weighted by Gasteiger charge is -2.19. The number of hydrogen-bond donors (Lipinski definition) is 0. The number of carbonyl (C=O) groups excluding carboxylic acids is 1. The summed E-state index contributed by atoms with van der Waals surface area (Å²) in [7, 11) is 0. The van der Waals surface area contributed by atoms with Crippen molar-refractivity contribution in [3.05, 3.63) is 59.7 Å². The maximum Gasteiger partial charge on any atom is 0.373 e. The molecular weight excluding hydrogens is 374 g/mol. The second-order valence-electron chi connectivity index (χ2n) is 7.98. The molecule has 0 radical (unpaired) electrons. The predicted octanol–water partition coefficient (Wildman–Crippen LogP) is 7.07. The van der Waals surface area contributed by atoms with Gasteiger partial charge in [0.1, 0.15) is 0 Å². The predicted molar refractivity (Wildman–Crippen MR) is 120 cm³/mol. The first-order valence-electron chi connectivity index (χ1n) is 11.0. The second kappa shape index (κ2) is 12.8. The summed E-state index contributed by atoms with van der Waals surface area (Å²) in [6.07, 6.45) is 6.85. The molecule has 0 bridgehead atoms. The monoisotopic (exact) mass is 407 g/mol. The highest BCUT2D eigenvalue weighted by Crippen LogP contribution is 2.34. The van der Waals surface area contributed by atoms with Crippen LogP contribution < -0.4 is 0 Å². The highest BCUT2D eigenvalue weighted by molar-refractivity contribution is 5.90. The third-order valence-electron chi connectivity index (χ3n) is 5.23. The molecule has 0 aromatic heterocycles. The van der Waals surface area contributed by atoms with Gasteiger partial charge in [-0.15, -0.1) is 0 Å². The summed E-state index contributed by atoms with van der Waals surface area (Å²) in [4.78, 5) is 22.6. The fraction of sp³-hybridized carbons (Fsp3) is 0.462. The van der Waals surface area contributed by atoms with Gasteiger partial charge < -0.3 is 0 Å². The van der Waals surface area contributed by atoms with Crippen LogP contribution in [-0.2, 0) is 9.78 Å². The summed E-state index contributed by atoms with van der Waals surface area (Å²) in [6, 6.07) is 17.7. The topological polar surface area (TPSA) is 59.3 Å². The van der Waals surface area contributed by atoms with Crippen LogP contribution in [0.1, 0.15) is 81.1 Å². The quantitative estimate of drug-likeness (QED) is 0.214. The van der Waals surface area contributed by atoms with Crippen LogP contribution in [0.25, 0.3) is 11.1 Å². The van der Waals surface area contributed by atoms with Crippen LogP contribution >= 0.6 is 0 Å². The number of carbonyl (C=O) groups is 1. The number of unbranched alkanes of at least 4 members (excludes halogenated alkanes) is 5. The van der Waals surface area contributed by atoms with Gasteiger partial charge in [0, 0.05) is 0 Å². The molecule has 1 atom stereocenters. The Morgan fingerprint density at radius 1 is 1.00 bits per heavy atom. The molecule has 2 rings (SSSR count). The summed E-state index contributed by atoms with van der Waals surface area (Å²) < 4.78 is 0. The van der Waals surface area contributed by atoms with Crippen molar-refractivity contribution >= 4 is 5.97 Å². The van der Waals surface area contributed by atoms with E-state index in [1.807, 2.05) is 50.2 Å². The molecule has 2 aromatic rings. The number of nitrogens with zero attached hydrogens (tertiary/aromatic N) is 1. The highest BCUT2D eigenvalue weighted by Gasteiger charge is 2.22. The number of nitriles is 1. The maximum atomic E-state index is 12.5.